The number of hydrogen-bond donors (Lipinski definition) is 1. The molecule has 1 fully saturated rings. The first kappa shape index (κ1) is 12.6. The van der Waals surface area contributed by atoms with Crippen LogP contribution in [-0.4, -0.2) is 20.8 Å². The zero-order chi connectivity index (χ0) is 12.5. The fourth-order valence-electron chi connectivity index (χ4n) is 2.44. The third-order valence-corrected chi connectivity index (χ3v) is 4.07. The van der Waals surface area contributed by atoms with Gasteiger partial charge < -0.3 is 9.88 Å². The zero-order valence-corrected chi connectivity index (χ0v) is 11.5. The van der Waals surface area contributed by atoms with E-state index in [-0.39, 0.29) is 0 Å². The minimum atomic E-state index is 0.541. The number of rotatable bonds is 3. The highest BCUT2D eigenvalue weighted by Gasteiger charge is 2.26. The molecule has 1 saturated carbocycles. The molecule has 96 valence electrons. The molecule has 0 saturated heterocycles. The van der Waals surface area contributed by atoms with Crippen LogP contribution in [-0.2, 0) is 13.6 Å². The van der Waals surface area contributed by atoms with Gasteiger partial charge >= 0.3 is 0 Å². The molecule has 2 rings (SSSR count). The van der Waals surface area contributed by atoms with Crippen molar-refractivity contribution in [3.05, 3.63) is 11.6 Å². The molecule has 1 heterocycles. The molecular weight excluding hydrogens is 212 g/mol. The van der Waals surface area contributed by atoms with Crippen molar-refractivity contribution in [1.29, 1.82) is 0 Å². The second-order valence-electron chi connectivity index (χ2n) is 6.04. The van der Waals surface area contributed by atoms with E-state index in [4.69, 9.17) is 0 Å². The first-order valence-corrected chi connectivity index (χ1v) is 6.56. The summed E-state index contributed by atoms with van der Waals surface area (Å²) in [6, 6.07) is 0.653. The largest absolute Gasteiger partial charge is 0.317 e. The lowest BCUT2D eigenvalue weighted by atomic mass is 9.75. The molecule has 0 bridgehead atoms. The number of nitrogens with zero attached hydrogens (tertiary/aromatic N) is 3. The molecule has 0 aromatic carbocycles. The molecule has 0 radical (unpaired) electrons. The van der Waals surface area contributed by atoms with Gasteiger partial charge in [-0.3, -0.25) is 0 Å². The molecular formula is C13H24N4. The number of hydrogen-bond acceptors (Lipinski definition) is 3. The number of aromatic nitrogens is 3. The first-order valence-electron chi connectivity index (χ1n) is 6.56. The number of aryl methyl sites for hydroxylation is 1. The van der Waals surface area contributed by atoms with Gasteiger partial charge in [-0.1, -0.05) is 13.8 Å². The molecule has 17 heavy (non-hydrogen) atoms. The SMILES string of the molecule is Cc1nnc(CNC2CCC(C)(C)CC2)n1C. The van der Waals surface area contributed by atoms with E-state index in [0.29, 0.717) is 11.5 Å². The molecule has 0 atom stereocenters. The summed E-state index contributed by atoms with van der Waals surface area (Å²) in [6.07, 6.45) is 5.21. The second-order valence-corrected chi connectivity index (χ2v) is 6.04. The van der Waals surface area contributed by atoms with Crippen LogP contribution in [0.15, 0.2) is 0 Å². The molecule has 4 heteroatoms. The zero-order valence-electron chi connectivity index (χ0n) is 11.5. The Hall–Kier alpha value is -0.900. The van der Waals surface area contributed by atoms with Gasteiger partial charge in [0, 0.05) is 13.1 Å². The van der Waals surface area contributed by atoms with Crippen molar-refractivity contribution in [1.82, 2.24) is 20.1 Å². The Bertz CT molecular complexity index is 371. The van der Waals surface area contributed by atoms with Crippen LogP contribution in [0.4, 0.5) is 0 Å². The van der Waals surface area contributed by atoms with Gasteiger partial charge in [-0.05, 0) is 38.0 Å². The summed E-state index contributed by atoms with van der Waals surface area (Å²) in [5.41, 5.74) is 0.541. The van der Waals surface area contributed by atoms with E-state index in [1.807, 2.05) is 14.0 Å². The second kappa shape index (κ2) is 4.77. The van der Waals surface area contributed by atoms with Gasteiger partial charge in [0.15, 0.2) is 0 Å². The molecule has 1 aliphatic carbocycles. The lowest BCUT2D eigenvalue weighted by Gasteiger charge is -2.34. The summed E-state index contributed by atoms with van der Waals surface area (Å²) in [6.45, 7) is 7.56. The van der Waals surface area contributed by atoms with Crippen LogP contribution in [0.3, 0.4) is 0 Å². The standard InChI is InChI=1S/C13H24N4/c1-10-15-16-12(17(10)4)9-14-11-5-7-13(2,3)8-6-11/h11,14H,5-9H2,1-4H3. The van der Waals surface area contributed by atoms with E-state index in [9.17, 15) is 0 Å². The van der Waals surface area contributed by atoms with Gasteiger partial charge in [0.1, 0.15) is 11.6 Å². The lowest BCUT2D eigenvalue weighted by Crippen LogP contribution is -2.35. The average Bonchev–Trinajstić information content (AvgIpc) is 2.59. The van der Waals surface area contributed by atoms with Crippen molar-refractivity contribution in [2.75, 3.05) is 0 Å². The van der Waals surface area contributed by atoms with Crippen LogP contribution in [0.1, 0.15) is 51.2 Å². The quantitative estimate of drug-likeness (QED) is 0.874. The summed E-state index contributed by atoms with van der Waals surface area (Å²) in [7, 11) is 2.02. The van der Waals surface area contributed by atoms with Crippen LogP contribution < -0.4 is 5.32 Å². The van der Waals surface area contributed by atoms with Crippen LogP contribution in [0.25, 0.3) is 0 Å². The van der Waals surface area contributed by atoms with Crippen molar-refractivity contribution >= 4 is 0 Å². The third kappa shape index (κ3) is 3.06. The van der Waals surface area contributed by atoms with E-state index in [0.717, 1.165) is 18.2 Å². The Morgan fingerprint density at radius 1 is 1.29 bits per heavy atom. The Labute approximate surface area is 104 Å². The van der Waals surface area contributed by atoms with E-state index < -0.39 is 0 Å². The van der Waals surface area contributed by atoms with Gasteiger partial charge in [-0.25, -0.2) is 0 Å². The van der Waals surface area contributed by atoms with E-state index in [1.165, 1.54) is 25.7 Å². The molecule has 0 spiro atoms. The minimum absolute atomic E-state index is 0.541. The molecule has 1 aromatic rings. The third-order valence-electron chi connectivity index (χ3n) is 4.07. The molecule has 0 unspecified atom stereocenters. The molecule has 0 amide bonds. The average molecular weight is 236 g/mol. The summed E-state index contributed by atoms with van der Waals surface area (Å²) in [5, 5.41) is 11.9. The van der Waals surface area contributed by atoms with Crippen molar-refractivity contribution in [2.24, 2.45) is 12.5 Å². The van der Waals surface area contributed by atoms with E-state index in [2.05, 4.69) is 33.9 Å². The van der Waals surface area contributed by atoms with Gasteiger partial charge in [-0.2, -0.15) is 0 Å². The number of nitrogens with one attached hydrogen (secondary N) is 1. The summed E-state index contributed by atoms with van der Waals surface area (Å²) in [5.74, 6) is 2.01. The predicted molar refractivity (Wildman–Crippen MR) is 68.6 cm³/mol. The molecule has 1 N–H and O–H groups in total. The van der Waals surface area contributed by atoms with Gasteiger partial charge in [0.25, 0.3) is 0 Å². The Morgan fingerprint density at radius 3 is 2.47 bits per heavy atom. The van der Waals surface area contributed by atoms with Crippen LogP contribution in [0.5, 0.6) is 0 Å². The van der Waals surface area contributed by atoms with Crippen molar-refractivity contribution < 1.29 is 0 Å². The van der Waals surface area contributed by atoms with E-state index in [1.54, 1.807) is 0 Å². The highest BCUT2D eigenvalue weighted by atomic mass is 15.3. The van der Waals surface area contributed by atoms with Crippen molar-refractivity contribution in [3.8, 4) is 0 Å². The fourth-order valence-corrected chi connectivity index (χ4v) is 2.44. The highest BCUT2D eigenvalue weighted by molar-refractivity contribution is 4.93. The molecule has 0 aliphatic heterocycles. The summed E-state index contributed by atoms with van der Waals surface area (Å²) >= 11 is 0. The fraction of sp³-hybridized carbons (Fsp3) is 0.846. The summed E-state index contributed by atoms with van der Waals surface area (Å²) in [4.78, 5) is 0. The summed E-state index contributed by atoms with van der Waals surface area (Å²) < 4.78 is 2.06. The molecule has 4 nitrogen and oxygen atoms in total. The van der Waals surface area contributed by atoms with Crippen LogP contribution >= 0.6 is 0 Å². The Morgan fingerprint density at radius 2 is 1.94 bits per heavy atom. The minimum Gasteiger partial charge on any atom is -0.317 e. The molecule has 1 aliphatic rings. The highest BCUT2D eigenvalue weighted by Crippen LogP contribution is 2.34. The maximum absolute atomic E-state index is 4.18. The normalized spacial score (nSPS) is 20.7. The van der Waals surface area contributed by atoms with E-state index >= 15 is 0 Å². The lowest BCUT2D eigenvalue weighted by molar-refractivity contribution is 0.205. The van der Waals surface area contributed by atoms with Crippen LogP contribution in [0, 0.1) is 12.3 Å². The Balaban J connectivity index is 1.82. The monoisotopic (exact) mass is 236 g/mol. The first-order chi connectivity index (χ1) is 7.98. The van der Waals surface area contributed by atoms with Crippen LogP contribution in [0.2, 0.25) is 0 Å². The maximum atomic E-state index is 4.18. The maximum Gasteiger partial charge on any atom is 0.146 e. The van der Waals surface area contributed by atoms with Gasteiger partial charge in [0.2, 0.25) is 0 Å². The predicted octanol–water partition coefficient (Wildman–Crippen LogP) is 2.18. The molecule has 1 aromatic heterocycles. The van der Waals surface area contributed by atoms with Crippen molar-refractivity contribution in [2.45, 2.75) is 59.0 Å². The Kier molecular flexibility index (Phi) is 3.52. The topological polar surface area (TPSA) is 42.7 Å². The van der Waals surface area contributed by atoms with Gasteiger partial charge in [0.05, 0.1) is 6.54 Å². The van der Waals surface area contributed by atoms with Crippen molar-refractivity contribution in [3.63, 3.8) is 0 Å². The van der Waals surface area contributed by atoms with Gasteiger partial charge in [-0.15, -0.1) is 10.2 Å². The smallest absolute Gasteiger partial charge is 0.146 e.